The molecule has 0 bridgehead atoms. The molecule has 2 aromatic carbocycles. The number of thioether (sulfide) groups is 1. The number of ether oxygens (including phenoxy) is 4. The quantitative estimate of drug-likeness (QED) is 0.0943. The molecule has 62 heavy (non-hydrogen) atoms. The van der Waals surface area contributed by atoms with Gasteiger partial charge >= 0.3 is 11.4 Å². The number of sulfone groups is 1. The molecule has 0 fully saturated rings. The highest BCUT2D eigenvalue weighted by Crippen LogP contribution is 2.40. The zero-order chi connectivity index (χ0) is 45.8. The third kappa shape index (κ3) is 10.7. The summed E-state index contributed by atoms with van der Waals surface area (Å²) in [7, 11) is -0.912. The lowest BCUT2D eigenvalue weighted by atomic mass is 10.3. The highest BCUT2D eigenvalue weighted by Gasteiger charge is 2.23. The van der Waals surface area contributed by atoms with Gasteiger partial charge in [-0.25, -0.2) is 45.5 Å². The van der Waals surface area contributed by atoms with Crippen molar-refractivity contribution in [3.8, 4) is 46.1 Å². The van der Waals surface area contributed by atoms with Gasteiger partial charge in [-0.05, 0) is 30.5 Å². The lowest BCUT2D eigenvalue weighted by molar-refractivity contribution is 0.141. The van der Waals surface area contributed by atoms with E-state index in [9.17, 15) is 45.2 Å². The molecule has 0 aliphatic rings. The maximum Gasteiger partial charge on any atom is 0.349 e. The fourth-order valence-electron chi connectivity index (χ4n) is 4.88. The van der Waals surface area contributed by atoms with Crippen LogP contribution in [0.15, 0.2) is 77.8 Å². The van der Waals surface area contributed by atoms with E-state index in [1.54, 1.807) is 16.0 Å². The molecule has 18 nitrogen and oxygen atoms in total. The number of H-pyrrole nitrogens is 2. The van der Waals surface area contributed by atoms with Crippen LogP contribution in [-0.2, 0) is 9.84 Å². The van der Waals surface area contributed by atoms with E-state index in [2.05, 4.69) is 20.2 Å². The van der Waals surface area contributed by atoms with Crippen molar-refractivity contribution in [2.45, 2.75) is 22.6 Å². The van der Waals surface area contributed by atoms with Gasteiger partial charge in [0, 0.05) is 18.4 Å². The van der Waals surface area contributed by atoms with Gasteiger partial charge in [0.25, 0.3) is 24.0 Å². The first-order valence-corrected chi connectivity index (χ1v) is 21.0. The van der Waals surface area contributed by atoms with Crippen molar-refractivity contribution in [3.05, 3.63) is 122 Å². The largest absolute Gasteiger partial charge is 0.494 e. The topological polar surface area (TPSA) is 232 Å². The van der Waals surface area contributed by atoms with E-state index in [1.807, 2.05) is 6.26 Å². The van der Waals surface area contributed by atoms with E-state index in [1.165, 1.54) is 44.3 Å². The molecule has 0 spiro atoms. The zero-order valence-electron chi connectivity index (χ0n) is 31.4. The summed E-state index contributed by atoms with van der Waals surface area (Å²) in [5.41, 5.74) is -7.23. The molecule has 6 aromatic rings. The summed E-state index contributed by atoms with van der Waals surface area (Å²) in [5.74, 6) is 0.392. The number of methoxy groups -OCH3 is 2. The standard InChI is InChI=1S/C17H12Cl2F2N4O6S.C17H12Cl2F2N4O4S/c1-30-10-6-22-12(5-11(10)32(2,28)29)31-14-8(18)3-7(4-9(14)19)25-17(27)23-16(26)13(24-25)15(20)21;1-28-10-6-22-12(5-11(10)30-2)29-14-8(18)3-7(4-9(14)19)25-17(27)23-16(26)13(24-25)15(20)21/h3-6,15H,1-2H3,(H,23,26,27);3-6,15H,1-2H3,(H,23,26,27). The lowest BCUT2D eigenvalue weighted by Gasteiger charge is -2.13. The normalized spacial score (nSPS) is 11.3. The van der Waals surface area contributed by atoms with Crippen molar-refractivity contribution < 1.29 is 44.9 Å². The number of aromatic amines is 2. The number of pyridine rings is 2. The number of halogens is 8. The average molecular weight is 987 g/mol. The van der Waals surface area contributed by atoms with E-state index < -0.39 is 56.6 Å². The number of benzene rings is 2. The average Bonchev–Trinajstić information content (AvgIpc) is 3.20. The van der Waals surface area contributed by atoms with Crippen molar-refractivity contribution in [1.82, 2.24) is 39.5 Å². The van der Waals surface area contributed by atoms with Crippen LogP contribution in [0.5, 0.6) is 34.8 Å². The molecule has 0 saturated heterocycles. The molecule has 328 valence electrons. The maximum absolute atomic E-state index is 13.0. The summed E-state index contributed by atoms with van der Waals surface area (Å²) in [5, 5.41) is 6.29. The molecule has 4 heterocycles. The van der Waals surface area contributed by atoms with Gasteiger partial charge in [-0.1, -0.05) is 46.4 Å². The van der Waals surface area contributed by atoms with Crippen LogP contribution in [0.25, 0.3) is 11.4 Å². The van der Waals surface area contributed by atoms with E-state index >= 15 is 0 Å². The molecular weight excluding hydrogens is 962 g/mol. The van der Waals surface area contributed by atoms with E-state index in [4.69, 9.17) is 65.4 Å². The third-order valence-corrected chi connectivity index (χ3v) is 10.7. The number of hydrogen-bond donors (Lipinski definition) is 2. The molecular formula is C34H24Cl4F4N8O10S2. The van der Waals surface area contributed by atoms with Crippen molar-refractivity contribution >= 4 is 68.0 Å². The minimum atomic E-state index is -3.69. The monoisotopic (exact) mass is 984 g/mol. The van der Waals surface area contributed by atoms with Crippen LogP contribution in [0.3, 0.4) is 0 Å². The molecule has 6 rings (SSSR count). The third-order valence-electron chi connectivity index (χ3n) is 7.66. The van der Waals surface area contributed by atoms with Gasteiger partial charge < -0.3 is 18.9 Å². The smallest absolute Gasteiger partial charge is 0.349 e. The minimum absolute atomic E-state index is 0.00857. The van der Waals surface area contributed by atoms with Crippen molar-refractivity contribution in [1.29, 1.82) is 0 Å². The first-order valence-electron chi connectivity index (χ1n) is 16.4. The van der Waals surface area contributed by atoms with Crippen molar-refractivity contribution in [2.24, 2.45) is 0 Å². The Morgan fingerprint density at radius 2 is 1.05 bits per heavy atom. The molecule has 0 atom stereocenters. The van der Waals surface area contributed by atoms with E-state index in [0.29, 0.717) is 15.1 Å². The second-order valence-electron chi connectivity index (χ2n) is 11.7. The molecule has 0 saturated carbocycles. The second kappa shape index (κ2) is 19.6. The molecule has 4 aromatic heterocycles. The Balaban J connectivity index is 0.000000235. The Morgan fingerprint density at radius 1 is 0.661 bits per heavy atom. The number of rotatable bonds is 12. The van der Waals surface area contributed by atoms with Crippen LogP contribution < -0.4 is 41.4 Å². The van der Waals surface area contributed by atoms with Gasteiger partial charge in [0.15, 0.2) is 44.2 Å². The highest BCUT2D eigenvalue weighted by molar-refractivity contribution is 7.98. The number of alkyl halides is 4. The molecule has 0 radical (unpaired) electrons. The number of nitrogens with one attached hydrogen (secondary N) is 2. The van der Waals surface area contributed by atoms with Gasteiger partial charge in [-0.15, -0.1) is 11.8 Å². The predicted octanol–water partition coefficient (Wildman–Crippen LogP) is 6.85. The maximum atomic E-state index is 13.0. The summed E-state index contributed by atoms with van der Waals surface area (Å²) in [6.45, 7) is 0. The molecule has 0 amide bonds. The van der Waals surface area contributed by atoms with Gasteiger partial charge in [0.2, 0.25) is 11.8 Å². The lowest BCUT2D eigenvalue weighted by Crippen LogP contribution is -2.34. The Morgan fingerprint density at radius 3 is 1.40 bits per heavy atom. The molecule has 0 unspecified atom stereocenters. The Bertz CT molecular complexity index is 3000. The van der Waals surface area contributed by atoms with Crippen LogP contribution in [-0.4, -0.2) is 74.6 Å². The van der Waals surface area contributed by atoms with Crippen LogP contribution in [0, 0.1) is 0 Å². The first kappa shape index (κ1) is 47.4. The van der Waals surface area contributed by atoms with Crippen molar-refractivity contribution in [3.63, 3.8) is 0 Å². The Hall–Kier alpha value is -5.66. The summed E-state index contributed by atoms with van der Waals surface area (Å²) in [6, 6.07) is 7.40. The first-order chi connectivity index (χ1) is 29.2. The molecule has 0 aliphatic heterocycles. The fourth-order valence-corrected chi connectivity index (χ4v) is 7.36. The van der Waals surface area contributed by atoms with Crippen LogP contribution in [0.1, 0.15) is 24.2 Å². The molecule has 28 heteroatoms. The Labute approximate surface area is 368 Å². The van der Waals surface area contributed by atoms with Gasteiger partial charge in [0.1, 0.15) is 4.90 Å². The summed E-state index contributed by atoms with van der Waals surface area (Å²) in [6.07, 6.45) is -1.01. The SMILES string of the molecule is COc1cnc(Oc2c(Cl)cc(-n3nc(C(F)F)c(=O)[nH]c3=O)cc2Cl)cc1S(C)(=O)=O.COc1cnc(Oc2c(Cl)cc(-n3nc(C(F)F)c(=O)[nH]c3=O)cc2Cl)cc1SC. The van der Waals surface area contributed by atoms with Crippen LogP contribution in [0.4, 0.5) is 17.6 Å². The van der Waals surface area contributed by atoms with Gasteiger partial charge in [0.05, 0.1) is 63.0 Å². The molecule has 0 aliphatic carbocycles. The van der Waals surface area contributed by atoms with Crippen LogP contribution >= 0.6 is 58.2 Å². The second-order valence-corrected chi connectivity index (χ2v) is 16.2. The minimum Gasteiger partial charge on any atom is -0.494 e. The van der Waals surface area contributed by atoms with Crippen LogP contribution in [0.2, 0.25) is 20.1 Å². The fraction of sp³-hybridized carbons (Fsp3) is 0.176. The summed E-state index contributed by atoms with van der Waals surface area (Å²) in [4.78, 5) is 59.0. The van der Waals surface area contributed by atoms with E-state index in [-0.39, 0.29) is 65.4 Å². The Kier molecular flexibility index (Phi) is 15.0. The predicted molar refractivity (Wildman–Crippen MR) is 217 cm³/mol. The summed E-state index contributed by atoms with van der Waals surface area (Å²) < 4.78 is 98.1. The van der Waals surface area contributed by atoms with Gasteiger partial charge in [-0.3, -0.25) is 19.6 Å². The molecule has 2 N–H and O–H groups in total. The van der Waals surface area contributed by atoms with Crippen molar-refractivity contribution in [2.75, 3.05) is 26.7 Å². The number of aromatic nitrogens is 8. The summed E-state index contributed by atoms with van der Waals surface area (Å²) >= 11 is 26.2. The zero-order valence-corrected chi connectivity index (χ0v) is 36.0. The highest BCUT2D eigenvalue weighted by atomic mass is 35.5. The number of hydrogen-bond acceptors (Lipinski definition) is 15. The van der Waals surface area contributed by atoms with Gasteiger partial charge in [-0.2, -0.15) is 19.6 Å². The number of nitrogens with zero attached hydrogens (tertiary/aromatic N) is 6. The van der Waals surface area contributed by atoms with E-state index in [0.717, 1.165) is 35.5 Å².